The largest absolute Gasteiger partial charge is 0.388 e. The van der Waals surface area contributed by atoms with Crippen LogP contribution in [0.3, 0.4) is 0 Å². The molecule has 0 radical (unpaired) electrons. The van der Waals surface area contributed by atoms with Crippen molar-refractivity contribution in [3.8, 4) is 0 Å². The minimum Gasteiger partial charge on any atom is -0.388 e. The highest BCUT2D eigenvalue weighted by Gasteiger charge is 2.41. The van der Waals surface area contributed by atoms with E-state index < -0.39 is 6.10 Å². The zero-order chi connectivity index (χ0) is 14.4. The third kappa shape index (κ3) is 1.84. The highest BCUT2D eigenvalue weighted by molar-refractivity contribution is 5.82. The van der Waals surface area contributed by atoms with Crippen LogP contribution < -0.4 is 0 Å². The fourth-order valence-corrected chi connectivity index (χ4v) is 3.21. The van der Waals surface area contributed by atoms with Gasteiger partial charge in [-0.3, -0.25) is 0 Å². The lowest BCUT2D eigenvalue weighted by molar-refractivity contribution is -0.0352. The zero-order valence-corrected chi connectivity index (χ0v) is 12.4. The van der Waals surface area contributed by atoms with Crippen LogP contribution in [0.15, 0.2) is 12.5 Å². The third-order valence-corrected chi connectivity index (χ3v) is 4.40. The normalized spacial score (nSPS) is 30.2. The van der Waals surface area contributed by atoms with Crippen molar-refractivity contribution in [2.45, 2.75) is 52.6 Å². The van der Waals surface area contributed by atoms with Gasteiger partial charge in [-0.05, 0) is 25.8 Å². The first-order chi connectivity index (χ1) is 9.54. The molecule has 0 spiro atoms. The zero-order valence-electron chi connectivity index (χ0n) is 12.4. The van der Waals surface area contributed by atoms with E-state index in [1.807, 2.05) is 31.5 Å². The maximum atomic E-state index is 10.5. The first-order valence-corrected chi connectivity index (χ1v) is 7.16. The molecule has 1 unspecified atom stereocenters. The lowest BCUT2D eigenvalue weighted by Gasteiger charge is -2.17. The number of aliphatic hydroxyl groups excluding tert-OH is 1. The van der Waals surface area contributed by atoms with E-state index in [9.17, 15) is 5.11 Å². The number of hydrogen-bond donors (Lipinski definition) is 1. The van der Waals surface area contributed by atoms with E-state index in [1.54, 1.807) is 6.33 Å². The van der Waals surface area contributed by atoms with E-state index >= 15 is 0 Å². The molecule has 2 aromatic rings. The predicted molar refractivity (Wildman–Crippen MR) is 76.4 cm³/mol. The van der Waals surface area contributed by atoms with E-state index in [0.29, 0.717) is 0 Å². The molecule has 20 heavy (non-hydrogen) atoms. The Kier molecular flexibility index (Phi) is 3.26. The van der Waals surface area contributed by atoms with Gasteiger partial charge in [0.05, 0.1) is 11.8 Å². The van der Waals surface area contributed by atoms with Crippen molar-refractivity contribution in [1.29, 1.82) is 0 Å². The van der Waals surface area contributed by atoms with Gasteiger partial charge >= 0.3 is 0 Å². The van der Waals surface area contributed by atoms with Gasteiger partial charge in [-0.1, -0.05) is 13.8 Å². The average molecular weight is 275 g/mol. The van der Waals surface area contributed by atoms with E-state index in [-0.39, 0.29) is 18.2 Å². The lowest BCUT2D eigenvalue weighted by atomic mass is 9.99. The van der Waals surface area contributed by atoms with Gasteiger partial charge < -0.3 is 14.4 Å². The summed E-state index contributed by atoms with van der Waals surface area (Å²) >= 11 is 0. The molecule has 4 atom stereocenters. The maximum Gasteiger partial charge on any atom is 0.161 e. The van der Waals surface area contributed by atoms with Crippen LogP contribution >= 0.6 is 0 Å². The Morgan fingerprint density at radius 3 is 2.75 bits per heavy atom. The van der Waals surface area contributed by atoms with Gasteiger partial charge in [0.1, 0.15) is 18.1 Å². The molecule has 0 amide bonds. The molecule has 1 aliphatic heterocycles. The van der Waals surface area contributed by atoms with Gasteiger partial charge in [0.25, 0.3) is 0 Å². The summed E-state index contributed by atoms with van der Waals surface area (Å²) in [6, 6.07) is 0. The summed E-state index contributed by atoms with van der Waals surface area (Å²) in [4.78, 5) is 8.62. The van der Waals surface area contributed by atoms with Crippen LogP contribution in [-0.4, -0.2) is 31.8 Å². The smallest absolute Gasteiger partial charge is 0.161 e. The fourth-order valence-electron chi connectivity index (χ4n) is 3.21. The molecule has 3 heterocycles. The van der Waals surface area contributed by atoms with Crippen molar-refractivity contribution < 1.29 is 9.84 Å². The third-order valence-electron chi connectivity index (χ3n) is 4.40. The molecular formula is C15H21N3O2. The van der Waals surface area contributed by atoms with Crippen molar-refractivity contribution in [3.05, 3.63) is 23.8 Å². The van der Waals surface area contributed by atoms with Crippen LogP contribution in [0.1, 0.15) is 37.8 Å². The summed E-state index contributed by atoms with van der Waals surface area (Å²) in [5.74, 6) is 0.130. The standard InChI is InChI=1S/C15H21N3O2/c1-5-11-9(3)13(19)15(20-11)18-6-8(2)12-10(4)16-7-17-14(12)18/h6-7,9,11,13,15,19H,5H2,1-4H3/t9-,11-,13?,15-/m1/s1. The summed E-state index contributed by atoms with van der Waals surface area (Å²) in [5, 5.41) is 11.5. The fraction of sp³-hybridized carbons (Fsp3) is 0.600. The molecule has 3 rings (SSSR count). The first-order valence-electron chi connectivity index (χ1n) is 7.16. The molecule has 0 bridgehead atoms. The van der Waals surface area contributed by atoms with Gasteiger partial charge in [0, 0.05) is 17.5 Å². The summed E-state index contributed by atoms with van der Waals surface area (Å²) in [7, 11) is 0. The van der Waals surface area contributed by atoms with Crippen molar-refractivity contribution >= 4 is 11.0 Å². The van der Waals surface area contributed by atoms with Gasteiger partial charge in [-0.15, -0.1) is 0 Å². The molecule has 1 N–H and O–H groups in total. The summed E-state index contributed by atoms with van der Waals surface area (Å²) in [6.07, 6.45) is 3.70. The molecule has 5 nitrogen and oxygen atoms in total. The van der Waals surface area contributed by atoms with Crippen LogP contribution in [-0.2, 0) is 4.74 Å². The Labute approximate surface area is 118 Å². The topological polar surface area (TPSA) is 60.2 Å². The van der Waals surface area contributed by atoms with Gasteiger partial charge in [-0.2, -0.15) is 0 Å². The molecule has 1 aliphatic rings. The van der Waals surface area contributed by atoms with Gasteiger partial charge in [0.2, 0.25) is 0 Å². The molecule has 108 valence electrons. The van der Waals surface area contributed by atoms with Crippen LogP contribution in [0.5, 0.6) is 0 Å². The second kappa shape index (κ2) is 4.82. The molecule has 2 aromatic heterocycles. The Morgan fingerprint density at radius 2 is 2.10 bits per heavy atom. The first kappa shape index (κ1) is 13.5. The van der Waals surface area contributed by atoms with E-state index in [1.165, 1.54) is 0 Å². The molecule has 0 saturated carbocycles. The minimum absolute atomic E-state index is 0.0932. The molecule has 1 saturated heterocycles. The van der Waals surface area contributed by atoms with Crippen molar-refractivity contribution in [3.63, 3.8) is 0 Å². The van der Waals surface area contributed by atoms with Crippen molar-refractivity contribution in [1.82, 2.24) is 14.5 Å². The number of aryl methyl sites for hydroxylation is 2. The Morgan fingerprint density at radius 1 is 1.35 bits per heavy atom. The van der Waals surface area contributed by atoms with Crippen LogP contribution in [0.4, 0.5) is 0 Å². The Bertz CT molecular complexity index is 637. The monoisotopic (exact) mass is 275 g/mol. The van der Waals surface area contributed by atoms with Crippen LogP contribution in [0.2, 0.25) is 0 Å². The number of rotatable bonds is 2. The second-order valence-corrected chi connectivity index (χ2v) is 5.70. The number of aromatic nitrogens is 3. The quantitative estimate of drug-likeness (QED) is 0.914. The summed E-state index contributed by atoms with van der Waals surface area (Å²) < 4.78 is 7.99. The lowest BCUT2D eigenvalue weighted by Crippen LogP contribution is -2.24. The molecule has 0 aliphatic carbocycles. The van der Waals surface area contributed by atoms with E-state index in [4.69, 9.17) is 4.74 Å². The number of fused-ring (bicyclic) bond motifs is 1. The molecule has 1 fully saturated rings. The minimum atomic E-state index is -0.509. The number of aliphatic hydroxyl groups is 1. The Balaban J connectivity index is 2.10. The highest BCUT2D eigenvalue weighted by Crippen LogP contribution is 2.37. The maximum absolute atomic E-state index is 10.5. The van der Waals surface area contributed by atoms with Gasteiger partial charge in [0.15, 0.2) is 6.23 Å². The summed E-state index contributed by atoms with van der Waals surface area (Å²) in [6.45, 7) is 8.14. The predicted octanol–water partition coefficient (Wildman–Crippen LogP) is 2.35. The molecular weight excluding hydrogens is 254 g/mol. The van der Waals surface area contributed by atoms with E-state index in [0.717, 1.165) is 28.7 Å². The van der Waals surface area contributed by atoms with Crippen LogP contribution in [0.25, 0.3) is 11.0 Å². The summed E-state index contributed by atoms with van der Waals surface area (Å²) in [5.41, 5.74) is 2.91. The second-order valence-electron chi connectivity index (χ2n) is 5.70. The van der Waals surface area contributed by atoms with Crippen molar-refractivity contribution in [2.75, 3.05) is 0 Å². The number of nitrogens with zero attached hydrogens (tertiary/aromatic N) is 3. The molecule has 5 heteroatoms. The van der Waals surface area contributed by atoms with E-state index in [2.05, 4.69) is 16.9 Å². The number of hydrogen-bond acceptors (Lipinski definition) is 4. The van der Waals surface area contributed by atoms with Crippen LogP contribution in [0, 0.1) is 19.8 Å². The average Bonchev–Trinajstić information content (AvgIpc) is 2.90. The Hall–Kier alpha value is -1.46. The van der Waals surface area contributed by atoms with Gasteiger partial charge in [-0.25, -0.2) is 9.97 Å². The highest BCUT2D eigenvalue weighted by atomic mass is 16.5. The molecule has 0 aromatic carbocycles. The van der Waals surface area contributed by atoms with Crippen molar-refractivity contribution in [2.24, 2.45) is 5.92 Å². The number of ether oxygens (including phenoxy) is 1. The SMILES string of the molecule is CC[C@H]1O[C@@H](n2cc(C)c3c(C)ncnc32)C(O)[C@@H]1C.